The van der Waals surface area contributed by atoms with Crippen molar-refractivity contribution in [2.24, 2.45) is 5.73 Å². The molecule has 0 fully saturated rings. The molecule has 88 valence electrons. The van der Waals surface area contributed by atoms with Crippen LogP contribution in [0.2, 0.25) is 0 Å². The number of benzene rings is 1. The fourth-order valence-electron chi connectivity index (χ4n) is 1.49. The molecule has 1 rings (SSSR count). The minimum atomic E-state index is -0.473. The Kier molecular flexibility index (Phi) is 4.31. The largest absolute Gasteiger partial charge is 0.504 e. The lowest BCUT2D eigenvalue weighted by molar-refractivity contribution is 0.364. The molecule has 0 aliphatic rings. The first-order valence-corrected chi connectivity index (χ1v) is 5.03. The van der Waals surface area contributed by atoms with E-state index in [1.807, 2.05) is 0 Å². The van der Waals surface area contributed by atoms with E-state index in [-0.39, 0.29) is 11.5 Å². The van der Waals surface area contributed by atoms with Crippen molar-refractivity contribution >= 4 is 0 Å². The van der Waals surface area contributed by atoms with Crippen LogP contribution in [-0.4, -0.2) is 12.2 Å². The van der Waals surface area contributed by atoms with Crippen LogP contribution in [0.4, 0.5) is 4.39 Å². The van der Waals surface area contributed by atoms with E-state index in [1.54, 1.807) is 6.08 Å². The zero-order valence-corrected chi connectivity index (χ0v) is 9.24. The predicted octanol–water partition coefficient (Wildman–Crippen LogP) is 2.51. The number of halogens is 1. The Bertz CT molecular complexity index is 380. The van der Waals surface area contributed by atoms with E-state index in [1.165, 1.54) is 13.2 Å². The van der Waals surface area contributed by atoms with Crippen LogP contribution >= 0.6 is 0 Å². The van der Waals surface area contributed by atoms with Gasteiger partial charge in [0.15, 0.2) is 11.5 Å². The number of hydrogen-bond donors (Lipinski definition) is 2. The Morgan fingerprint density at radius 3 is 2.88 bits per heavy atom. The molecule has 0 aromatic heterocycles. The SMILES string of the molecule is C=CCC[C@H](N)c1cc(F)cc(OC)c1O. The Morgan fingerprint density at radius 2 is 2.31 bits per heavy atom. The number of nitrogens with two attached hydrogens (primary N) is 1. The van der Waals surface area contributed by atoms with Gasteiger partial charge in [-0.15, -0.1) is 6.58 Å². The van der Waals surface area contributed by atoms with Crippen LogP contribution in [0.5, 0.6) is 11.5 Å². The van der Waals surface area contributed by atoms with Crippen LogP contribution in [0.1, 0.15) is 24.4 Å². The number of allylic oxidation sites excluding steroid dienone is 1. The molecular weight excluding hydrogens is 209 g/mol. The summed E-state index contributed by atoms with van der Waals surface area (Å²) >= 11 is 0. The summed E-state index contributed by atoms with van der Waals surface area (Å²) in [4.78, 5) is 0. The third kappa shape index (κ3) is 2.73. The van der Waals surface area contributed by atoms with E-state index < -0.39 is 11.9 Å². The molecule has 0 amide bonds. The molecule has 16 heavy (non-hydrogen) atoms. The fourth-order valence-corrected chi connectivity index (χ4v) is 1.49. The lowest BCUT2D eigenvalue weighted by Crippen LogP contribution is -2.10. The van der Waals surface area contributed by atoms with E-state index in [2.05, 4.69) is 6.58 Å². The average molecular weight is 225 g/mol. The molecule has 0 saturated heterocycles. The molecule has 3 nitrogen and oxygen atoms in total. The predicted molar refractivity (Wildman–Crippen MR) is 61.0 cm³/mol. The molecular formula is C12H16FNO2. The summed E-state index contributed by atoms with van der Waals surface area (Å²) in [7, 11) is 1.37. The van der Waals surface area contributed by atoms with Crippen molar-refractivity contribution < 1.29 is 14.2 Å². The van der Waals surface area contributed by atoms with Crippen molar-refractivity contribution in [2.75, 3.05) is 7.11 Å². The van der Waals surface area contributed by atoms with Gasteiger partial charge in [0.2, 0.25) is 0 Å². The molecule has 0 spiro atoms. The molecule has 4 heteroatoms. The second-order valence-corrected chi connectivity index (χ2v) is 3.52. The summed E-state index contributed by atoms with van der Waals surface area (Å²) in [6.45, 7) is 3.58. The van der Waals surface area contributed by atoms with Gasteiger partial charge in [-0.05, 0) is 18.9 Å². The number of ether oxygens (including phenoxy) is 1. The maximum atomic E-state index is 13.2. The molecule has 0 aliphatic carbocycles. The Balaban J connectivity index is 3.02. The Labute approximate surface area is 94.3 Å². The Hall–Kier alpha value is -1.55. The third-order valence-corrected chi connectivity index (χ3v) is 2.37. The van der Waals surface area contributed by atoms with Crippen LogP contribution in [0.25, 0.3) is 0 Å². The summed E-state index contributed by atoms with van der Waals surface area (Å²) in [6.07, 6.45) is 3.04. The molecule has 0 aliphatic heterocycles. The highest BCUT2D eigenvalue weighted by molar-refractivity contribution is 5.47. The first kappa shape index (κ1) is 12.5. The van der Waals surface area contributed by atoms with E-state index in [0.29, 0.717) is 18.4 Å². The summed E-state index contributed by atoms with van der Waals surface area (Å²) in [5, 5.41) is 9.79. The second-order valence-electron chi connectivity index (χ2n) is 3.52. The molecule has 1 aromatic carbocycles. The van der Waals surface area contributed by atoms with Gasteiger partial charge in [0.25, 0.3) is 0 Å². The van der Waals surface area contributed by atoms with Crippen molar-refractivity contribution in [3.05, 3.63) is 36.2 Å². The minimum Gasteiger partial charge on any atom is -0.504 e. The number of phenolic OH excluding ortho intramolecular Hbond substituents is 1. The molecule has 1 atom stereocenters. The third-order valence-electron chi connectivity index (χ3n) is 2.37. The van der Waals surface area contributed by atoms with Crippen molar-refractivity contribution in [1.82, 2.24) is 0 Å². The molecule has 1 aromatic rings. The summed E-state index contributed by atoms with van der Waals surface area (Å²) in [6, 6.07) is 1.92. The summed E-state index contributed by atoms with van der Waals surface area (Å²) in [5.74, 6) is -0.469. The number of phenols is 1. The standard InChI is InChI=1S/C12H16FNO2/c1-3-4-5-10(14)9-6-8(13)7-11(16-2)12(9)15/h3,6-7,10,15H,1,4-5,14H2,2H3/t10-/m0/s1. The van der Waals surface area contributed by atoms with Crippen molar-refractivity contribution in [3.8, 4) is 11.5 Å². The smallest absolute Gasteiger partial charge is 0.163 e. The minimum absolute atomic E-state index is 0.0968. The van der Waals surface area contributed by atoms with Crippen molar-refractivity contribution in [2.45, 2.75) is 18.9 Å². The maximum absolute atomic E-state index is 13.2. The first-order valence-electron chi connectivity index (χ1n) is 5.03. The van der Waals surface area contributed by atoms with Gasteiger partial charge in [-0.2, -0.15) is 0 Å². The van der Waals surface area contributed by atoms with Gasteiger partial charge in [-0.25, -0.2) is 4.39 Å². The van der Waals surface area contributed by atoms with Gasteiger partial charge in [-0.1, -0.05) is 6.08 Å². The lowest BCUT2D eigenvalue weighted by Gasteiger charge is -2.15. The van der Waals surface area contributed by atoms with Crippen molar-refractivity contribution in [3.63, 3.8) is 0 Å². The quantitative estimate of drug-likeness (QED) is 0.757. The van der Waals surface area contributed by atoms with Crippen molar-refractivity contribution in [1.29, 1.82) is 0 Å². The monoisotopic (exact) mass is 225 g/mol. The van der Waals surface area contributed by atoms with Gasteiger partial charge >= 0.3 is 0 Å². The molecule has 0 radical (unpaired) electrons. The topological polar surface area (TPSA) is 55.5 Å². The zero-order chi connectivity index (χ0) is 12.1. The number of methoxy groups -OCH3 is 1. The number of rotatable bonds is 5. The molecule has 0 heterocycles. The molecule has 3 N–H and O–H groups in total. The molecule has 0 bridgehead atoms. The Morgan fingerprint density at radius 1 is 1.62 bits per heavy atom. The van der Waals surface area contributed by atoms with E-state index >= 15 is 0 Å². The fraction of sp³-hybridized carbons (Fsp3) is 0.333. The normalized spacial score (nSPS) is 12.2. The number of hydrogen-bond acceptors (Lipinski definition) is 3. The molecule has 0 unspecified atom stereocenters. The second kappa shape index (κ2) is 5.51. The van der Waals surface area contributed by atoms with Gasteiger partial charge < -0.3 is 15.6 Å². The summed E-state index contributed by atoms with van der Waals surface area (Å²) < 4.78 is 18.1. The zero-order valence-electron chi connectivity index (χ0n) is 9.24. The van der Waals surface area contributed by atoms with E-state index in [0.717, 1.165) is 6.07 Å². The van der Waals surface area contributed by atoms with Gasteiger partial charge in [0.05, 0.1) is 7.11 Å². The summed E-state index contributed by atoms with van der Waals surface area (Å²) in [5.41, 5.74) is 6.20. The molecule has 0 saturated carbocycles. The van der Waals surface area contributed by atoms with E-state index in [4.69, 9.17) is 10.5 Å². The lowest BCUT2D eigenvalue weighted by atomic mass is 10.0. The highest BCUT2D eigenvalue weighted by Gasteiger charge is 2.16. The highest BCUT2D eigenvalue weighted by atomic mass is 19.1. The highest BCUT2D eigenvalue weighted by Crippen LogP contribution is 2.35. The van der Waals surface area contributed by atoms with Gasteiger partial charge in [0.1, 0.15) is 5.82 Å². The first-order chi connectivity index (χ1) is 7.60. The van der Waals surface area contributed by atoms with Crippen LogP contribution < -0.4 is 10.5 Å². The average Bonchev–Trinajstić information content (AvgIpc) is 2.28. The van der Waals surface area contributed by atoms with Crippen LogP contribution in [-0.2, 0) is 0 Å². The van der Waals surface area contributed by atoms with Gasteiger partial charge in [-0.3, -0.25) is 0 Å². The van der Waals surface area contributed by atoms with Gasteiger partial charge in [0, 0.05) is 17.7 Å². The number of aromatic hydroxyl groups is 1. The van der Waals surface area contributed by atoms with E-state index in [9.17, 15) is 9.50 Å². The van der Waals surface area contributed by atoms with Crippen LogP contribution in [0, 0.1) is 5.82 Å². The maximum Gasteiger partial charge on any atom is 0.163 e. The van der Waals surface area contributed by atoms with Crippen LogP contribution in [0.15, 0.2) is 24.8 Å². The van der Waals surface area contributed by atoms with Crippen LogP contribution in [0.3, 0.4) is 0 Å².